The van der Waals surface area contributed by atoms with Crippen molar-refractivity contribution in [1.29, 1.82) is 0 Å². The highest BCUT2D eigenvalue weighted by Crippen LogP contribution is 2.15. The van der Waals surface area contributed by atoms with Gasteiger partial charge in [0.1, 0.15) is 5.69 Å². The topological polar surface area (TPSA) is 46.1 Å². The second kappa shape index (κ2) is 6.59. The molecule has 18 heavy (non-hydrogen) atoms. The standard InChI is InChI=1S/C12H18BrN3O.ClH/c1-8-3-4-14-6-10(8)15-12(17)11-5-9(13)7-16(11)2;/h5,7-8,10,14H,3-4,6H2,1-2H3,(H,15,17);1H. The maximum absolute atomic E-state index is 12.1. The van der Waals surface area contributed by atoms with Crippen molar-refractivity contribution in [3.63, 3.8) is 0 Å². The number of nitrogens with zero attached hydrogens (tertiary/aromatic N) is 1. The van der Waals surface area contributed by atoms with Crippen molar-refractivity contribution in [1.82, 2.24) is 15.2 Å². The molecule has 0 spiro atoms. The Bertz CT molecular complexity index is 421. The largest absolute Gasteiger partial charge is 0.346 e. The minimum atomic E-state index is -0.00116. The molecule has 1 saturated heterocycles. The number of amides is 1. The van der Waals surface area contributed by atoms with Gasteiger partial charge in [-0.25, -0.2) is 0 Å². The molecule has 0 saturated carbocycles. The monoisotopic (exact) mass is 335 g/mol. The van der Waals surface area contributed by atoms with E-state index in [0.29, 0.717) is 11.6 Å². The molecule has 0 bridgehead atoms. The molecule has 0 aromatic carbocycles. The molecule has 2 heterocycles. The summed E-state index contributed by atoms with van der Waals surface area (Å²) in [6.07, 6.45) is 3.00. The van der Waals surface area contributed by atoms with E-state index in [0.717, 1.165) is 24.0 Å². The van der Waals surface area contributed by atoms with Gasteiger partial charge in [-0.05, 0) is 40.9 Å². The second-order valence-electron chi connectivity index (χ2n) is 4.70. The quantitative estimate of drug-likeness (QED) is 0.867. The number of hydrogen-bond acceptors (Lipinski definition) is 2. The molecule has 0 aliphatic carbocycles. The molecule has 1 aliphatic rings. The van der Waals surface area contributed by atoms with Gasteiger partial charge < -0.3 is 15.2 Å². The van der Waals surface area contributed by atoms with Crippen LogP contribution in [0.4, 0.5) is 0 Å². The van der Waals surface area contributed by atoms with Crippen molar-refractivity contribution < 1.29 is 4.79 Å². The fraction of sp³-hybridized carbons (Fsp3) is 0.583. The third-order valence-electron chi connectivity index (χ3n) is 3.35. The zero-order valence-electron chi connectivity index (χ0n) is 10.6. The molecule has 1 aliphatic heterocycles. The fourth-order valence-electron chi connectivity index (χ4n) is 2.18. The van der Waals surface area contributed by atoms with Crippen LogP contribution in [0.1, 0.15) is 23.8 Å². The lowest BCUT2D eigenvalue weighted by atomic mass is 9.95. The number of piperidine rings is 1. The number of carbonyl (C=O) groups is 1. The average Bonchev–Trinajstić information content (AvgIpc) is 2.61. The summed E-state index contributed by atoms with van der Waals surface area (Å²) < 4.78 is 2.76. The van der Waals surface area contributed by atoms with E-state index >= 15 is 0 Å². The van der Waals surface area contributed by atoms with Crippen molar-refractivity contribution >= 4 is 34.2 Å². The van der Waals surface area contributed by atoms with E-state index in [4.69, 9.17) is 0 Å². The van der Waals surface area contributed by atoms with Crippen molar-refractivity contribution in [3.05, 3.63) is 22.4 Å². The van der Waals surface area contributed by atoms with Gasteiger partial charge in [0, 0.05) is 30.3 Å². The molecule has 4 nitrogen and oxygen atoms in total. The molecule has 2 rings (SSSR count). The van der Waals surface area contributed by atoms with Gasteiger partial charge in [0.2, 0.25) is 0 Å². The third-order valence-corrected chi connectivity index (χ3v) is 3.78. The van der Waals surface area contributed by atoms with Crippen molar-refractivity contribution in [3.8, 4) is 0 Å². The van der Waals surface area contributed by atoms with Crippen molar-refractivity contribution in [2.75, 3.05) is 13.1 Å². The Balaban J connectivity index is 0.00000162. The highest BCUT2D eigenvalue weighted by atomic mass is 79.9. The Labute approximate surface area is 122 Å². The molecular formula is C12H19BrClN3O. The first-order valence-electron chi connectivity index (χ1n) is 5.91. The van der Waals surface area contributed by atoms with Gasteiger partial charge in [0.15, 0.2) is 0 Å². The number of aryl methyl sites for hydroxylation is 1. The maximum Gasteiger partial charge on any atom is 0.268 e. The van der Waals surface area contributed by atoms with E-state index in [2.05, 4.69) is 33.5 Å². The first-order valence-corrected chi connectivity index (χ1v) is 6.70. The van der Waals surface area contributed by atoms with E-state index in [1.807, 2.05) is 23.9 Å². The van der Waals surface area contributed by atoms with Gasteiger partial charge in [-0.3, -0.25) is 4.79 Å². The van der Waals surface area contributed by atoms with Crippen molar-refractivity contribution in [2.45, 2.75) is 19.4 Å². The van der Waals surface area contributed by atoms with Crippen LogP contribution in [0, 0.1) is 5.92 Å². The van der Waals surface area contributed by atoms with Gasteiger partial charge >= 0.3 is 0 Å². The summed E-state index contributed by atoms with van der Waals surface area (Å²) in [5.41, 5.74) is 0.689. The van der Waals surface area contributed by atoms with Gasteiger partial charge in [-0.1, -0.05) is 6.92 Å². The number of carbonyl (C=O) groups excluding carboxylic acids is 1. The number of rotatable bonds is 2. The normalized spacial score (nSPS) is 23.3. The number of aromatic nitrogens is 1. The Kier molecular flexibility index (Phi) is 5.69. The minimum Gasteiger partial charge on any atom is -0.346 e. The molecule has 6 heteroatoms. The van der Waals surface area contributed by atoms with Crippen LogP contribution in [0.25, 0.3) is 0 Å². The number of nitrogens with one attached hydrogen (secondary N) is 2. The molecule has 0 radical (unpaired) electrons. The SMILES string of the molecule is CC1CCNCC1NC(=O)c1cc(Br)cn1C.Cl. The molecule has 1 amide bonds. The van der Waals surface area contributed by atoms with Gasteiger partial charge in [-0.2, -0.15) is 0 Å². The van der Waals surface area contributed by atoms with Gasteiger partial charge in [0.25, 0.3) is 5.91 Å². The van der Waals surface area contributed by atoms with Crippen LogP contribution in [-0.2, 0) is 7.05 Å². The first-order chi connectivity index (χ1) is 8.08. The van der Waals surface area contributed by atoms with E-state index in [-0.39, 0.29) is 24.4 Å². The third kappa shape index (κ3) is 3.49. The summed E-state index contributed by atoms with van der Waals surface area (Å²) in [5, 5.41) is 6.41. The lowest BCUT2D eigenvalue weighted by Crippen LogP contribution is -2.50. The lowest BCUT2D eigenvalue weighted by molar-refractivity contribution is 0.0907. The molecule has 1 fully saturated rings. The predicted octanol–water partition coefficient (Wildman–Crippen LogP) is 1.94. The van der Waals surface area contributed by atoms with Gasteiger partial charge in [0.05, 0.1) is 0 Å². The molecule has 2 N–H and O–H groups in total. The summed E-state index contributed by atoms with van der Waals surface area (Å²) in [6.45, 7) is 4.09. The first kappa shape index (κ1) is 15.5. The smallest absolute Gasteiger partial charge is 0.268 e. The summed E-state index contributed by atoms with van der Waals surface area (Å²) in [5.74, 6) is 0.530. The average molecular weight is 337 g/mol. The Morgan fingerprint density at radius 3 is 2.89 bits per heavy atom. The van der Waals surface area contributed by atoms with Gasteiger partial charge in [-0.15, -0.1) is 12.4 Å². The molecule has 1 aromatic heterocycles. The van der Waals surface area contributed by atoms with Crippen LogP contribution in [-0.4, -0.2) is 29.6 Å². The van der Waals surface area contributed by atoms with Crippen LogP contribution >= 0.6 is 28.3 Å². The zero-order chi connectivity index (χ0) is 12.4. The Morgan fingerprint density at radius 1 is 1.61 bits per heavy atom. The molecular weight excluding hydrogens is 318 g/mol. The molecule has 1 aromatic rings. The summed E-state index contributed by atoms with van der Waals surface area (Å²) in [6, 6.07) is 2.07. The highest BCUT2D eigenvalue weighted by molar-refractivity contribution is 9.10. The summed E-state index contributed by atoms with van der Waals surface area (Å²) >= 11 is 3.38. The van der Waals surface area contributed by atoms with Crippen LogP contribution < -0.4 is 10.6 Å². The van der Waals surface area contributed by atoms with Crippen LogP contribution in [0.15, 0.2) is 16.7 Å². The van der Waals surface area contributed by atoms with E-state index in [1.54, 1.807) is 0 Å². The summed E-state index contributed by atoms with van der Waals surface area (Å²) in [7, 11) is 1.88. The Hall–Kier alpha value is -0.520. The van der Waals surface area contributed by atoms with E-state index in [1.165, 1.54) is 0 Å². The van der Waals surface area contributed by atoms with E-state index < -0.39 is 0 Å². The highest BCUT2D eigenvalue weighted by Gasteiger charge is 2.23. The maximum atomic E-state index is 12.1. The van der Waals surface area contributed by atoms with E-state index in [9.17, 15) is 4.79 Å². The zero-order valence-corrected chi connectivity index (χ0v) is 13.0. The predicted molar refractivity (Wildman–Crippen MR) is 78.3 cm³/mol. The summed E-state index contributed by atoms with van der Waals surface area (Å²) in [4.78, 5) is 12.1. The van der Waals surface area contributed by atoms with Crippen LogP contribution in [0.3, 0.4) is 0 Å². The molecule has 102 valence electrons. The second-order valence-corrected chi connectivity index (χ2v) is 5.62. The van der Waals surface area contributed by atoms with Crippen molar-refractivity contribution in [2.24, 2.45) is 13.0 Å². The number of hydrogen-bond donors (Lipinski definition) is 2. The van der Waals surface area contributed by atoms with Crippen LogP contribution in [0.5, 0.6) is 0 Å². The minimum absolute atomic E-state index is 0. The molecule has 2 unspecified atom stereocenters. The molecule has 2 atom stereocenters. The fourth-order valence-corrected chi connectivity index (χ4v) is 2.70. The Morgan fingerprint density at radius 2 is 2.33 bits per heavy atom. The number of halogens is 2. The van der Waals surface area contributed by atoms with Crippen LogP contribution in [0.2, 0.25) is 0 Å². The lowest BCUT2D eigenvalue weighted by Gasteiger charge is -2.30.